The second-order valence-corrected chi connectivity index (χ2v) is 5.14. The molecule has 1 aromatic carbocycles. The van der Waals surface area contributed by atoms with Gasteiger partial charge in [-0.25, -0.2) is 0 Å². The Hall–Kier alpha value is -0.870. The molecule has 1 aromatic rings. The number of amides is 1. The quantitative estimate of drug-likeness (QED) is 0.878. The number of carbonyl (C=O) groups excluding carboxylic acids is 1. The first kappa shape index (κ1) is 14.2. The van der Waals surface area contributed by atoms with Gasteiger partial charge in [-0.2, -0.15) is 0 Å². The highest BCUT2D eigenvalue weighted by molar-refractivity contribution is 9.10. The van der Waals surface area contributed by atoms with Gasteiger partial charge in [-0.15, -0.1) is 0 Å². The Kier molecular flexibility index (Phi) is 5.65. The van der Waals surface area contributed by atoms with E-state index in [0.29, 0.717) is 12.8 Å². The SMILES string of the molecule is CC(O)CCC(=O)NC(C)c1ccc(Br)cc1. The number of benzene rings is 1. The van der Waals surface area contributed by atoms with E-state index < -0.39 is 6.10 Å². The molecule has 1 amide bonds. The van der Waals surface area contributed by atoms with E-state index in [4.69, 9.17) is 5.11 Å². The summed E-state index contributed by atoms with van der Waals surface area (Å²) < 4.78 is 1.02. The predicted molar refractivity (Wildman–Crippen MR) is 71.6 cm³/mol. The van der Waals surface area contributed by atoms with E-state index in [1.54, 1.807) is 6.92 Å². The Bertz CT molecular complexity index is 362. The third kappa shape index (κ3) is 5.33. The number of hydrogen-bond donors (Lipinski definition) is 2. The summed E-state index contributed by atoms with van der Waals surface area (Å²) in [4.78, 5) is 11.6. The number of halogens is 1. The van der Waals surface area contributed by atoms with Gasteiger partial charge in [0.2, 0.25) is 5.91 Å². The van der Waals surface area contributed by atoms with Gasteiger partial charge in [0, 0.05) is 10.9 Å². The highest BCUT2D eigenvalue weighted by Crippen LogP contribution is 2.16. The van der Waals surface area contributed by atoms with Crippen molar-refractivity contribution in [2.75, 3.05) is 0 Å². The lowest BCUT2D eigenvalue weighted by molar-refractivity contribution is -0.122. The van der Waals surface area contributed by atoms with Gasteiger partial charge in [0.25, 0.3) is 0 Å². The summed E-state index contributed by atoms with van der Waals surface area (Å²) in [6.45, 7) is 3.63. The lowest BCUT2D eigenvalue weighted by Crippen LogP contribution is -2.27. The maximum Gasteiger partial charge on any atom is 0.220 e. The molecule has 0 fully saturated rings. The van der Waals surface area contributed by atoms with Crippen LogP contribution < -0.4 is 5.32 Å². The predicted octanol–water partition coefficient (Wildman–Crippen LogP) is 2.79. The van der Waals surface area contributed by atoms with E-state index in [1.165, 1.54) is 0 Å². The lowest BCUT2D eigenvalue weighted by Gasteiger charge is -2.14. The van der Waals surface area contributed by atoms with E-state index in [9.17, 15) is 4.79 Å². The normalized spacial score (nSPS) is 14.1. The van der Waals surface area contributed by atoms with Crippen LogP contribution in [-0.4, -0.2) is 17.1 Å². The molecule has 3 nitrogen and oxygen atoms in total. The van der Waals surface area contributed by atoms with Crippen molar-refractivity contribution in [3.05, 3.63) is 34.3 Å². The molecule has 0 aliphatic carbocycles. The van der Waals surface area contributed by atoms with Crippen LogP contribution in [0.3, 0.4) is 0 Å². The van der Waals surface area contributed by atoms with E-state index in [0.717, 1.165) is 10.0 Å². The van der Waals surface area contributed by atoms with Gasteiger partial charge in [-0.1, -0.05) is 28.1 Å². The minimum absolute atomic E-state index is 0.00963. The van der Waals surface area contributed by atoms with E-state index in [2.05, 4.69) is 21.2 Å². The van der Waals surface area contributed by atoms with Gasteiger partial charge in [-0.3, -0.25) is 4.79 Å². The second-order valence-electron chi connectivity index (χ2n) is 4.23. The molecule has 2 unspecified atom stereocenters. The maximum absolute atomic E-state index is 11.6. The number of rotatable bonds is 5. The fourth-order valence-electron chi connectivity index (χ4n) is 1.49. The van der Waals surface area contributed by atoms with Gasteiger partial charge in [0.05, 0.1) is 12.1 Å². The molecule has 0 radical (unpaired) electrons. The molecule has 0 aromatic heterocycles. The van der Waals surface area contributed by atoms with Crippen LogP contribution in [0.2, 0.25) is 0 Å². The van der Waals surface area contributed by atoms with Gasteiger partial charge < -0.3 is 10.4 Å². The molecule has 0 saturated carbocycles. The fourth-order valence-corrected chi connectivity index (χ4v) is 1.75. The van der Waals surface area contributed by atoms with Crippen molar-refractivity contribution in [2.24, 2.45) is 0 Å². The van der Waals surface area contributed by atoms with Crippen LogP contribution in [0, 0.1) is 0 Å². The molecule has 2 N–H and O–H groups in total. The van der Waals surface area contributed by atoms with Crippen LogP contribution in [-0.2, 0) is 4.79 Å². The van der Waals surface area contributed by atoms with Crippen LogP contribution in [0.4, 0.5) is 0 Å². The summed E-state index contributed by atoms with van der Waals surface area (Å²) in [5.41, 5.74) is 1.07. The van der Waals surface area contributed by atoms with Gasteiger partial charge in [-0.05, 0) is 38.0 Å². The summed E-state index contributed by atoms with van der Waals surface area (Å²) in [6.07, 6.45) is 0.431. The first-order valence-electron chi connectivity index (χ1n) is 5.72. The van der Waals surface area contributed by atoms with Gasteiger partial charge in [0.1, 0.15) is 0 Å². The number of hydrogen-bond acceptors (Lipinski definition) is 2. The average Bonchev–Trinajstić information content (AvgIpc) is 2.27. The zero-order valence-electron chi connectivity index (χ0n) is 10.1. The zero-order valence-corrected chi connectivity index (χ0v) is 11.7. The number of aliphatic hydroxyl groups is 1. The van der Waals surface area contributed by atoms with Crippen molar-refractivity contribution in [1.29, 1.82) is 0 Å². The molecular weight excluding hydrogens is 282 g/mol. The minimum atomic E-state index is -0.427. The smallest absolute Gasteiger partial charge is 0.220 e. The maximum atomic E-state index is 11.6. The molecule has 0 bridgehead atoms. The van der Waals surface area contributed by atoms with Crippen LogP contribution in [0.1, 0.15) is 38.3 Å². The molecule has 1 rings (SSSR count). The zero-order chi connectivity index (χ0) is 12.8. The third-order valence-electron chi connectivity index (χ3n) is 2.54. The standard InChI is InChI=1S/C13H18BrNO2/c1-9(16)3-8-13(17)15-10(2)11-4-6-12(14)7-5-11/h4-7,9-10,16H,3,8H2,1-2H3,(H,15,17). The van der Waals surface area contributed by atoms with E-state index in [-0.39, 0.29) is 11.9 Å². The second kappa shape index (κ2) is 6.77. The average molecular weight is 300 g/mol. The third-order valence-corrected chi connectivity index (χ3v) is 3.07. The summed E-state index contributed by atoms with van der Waals surface area (Å²) >= 11 is 3.37. The van der Waals surface area contributed by atoms with Crippen LogP contribution in [0.25, 0.3) is 0 Å². The van der Waals surface area contributed by atoms with Crippen LogP contribution in [0.5, 0.6) is 0 Å². The molecule has 0 spiro atoms. The minimum Gasteiger partial charge on any atom is -0.393 e. The van der Waals surface area contributed by atoms with E-state index in [1.807, 2.05) is 31.2 Å². The first-order chi connectivity index (χ1) is 7.99. The van der Waals surface area contributed by atoms with Crippen molar-refractivity contribution in [3.8, 4) is 0 Å². The Morgan fingerprint density at radius 3 is 2.47 bits per heavy atom. The largest absolute Gasteiger partial charge is 0.393 e. The topological polar surface area (TPSA) is 49.3 Å². The van der Waals surface area contributed by atoms with Crippen molar-refractivity contribution in [1.82, 2.24) is 5.32 Å². The van der Waals surface area contributed by atoms with Crippen LogP contribution in [0.15, 0.2) is 28.7 Å². The fraction of sp³-hybridized carbons (Fsp3) is 0.462. The molecule has 0 heterocycles. The van der Waals surface area contributed by atoms with Crippen molar-refractivity contribution < 1.29 is 9.90 Å². The molecule has 2 atom stereocenters. The Morgan fingerprint density at radius 2 is 1.94 bits per heavy atom. The van der Waals surface area contributed by atoms with Crippen molar-refractivity contribution >= 4 is 21.8 Å². The molecule has 0 aliphatic rings. The van der Waals surface area contributed by atoms with Crippen molar-refractivity contribution in [2.45, 2.75) is 38.8 Å². The molecular formula is C13H18BrNO2. The Labute approximate surface area is 110 Å². The Morgan fingerprint density at radius 1 is 1.35 bits per heavy atom. The summed E-state index contributed by atoms with van der Waals surface area (Å²) in [5, 5.41) is 12.0. The van der Waals surface area contributed by atoms with Crippen LogP contribution >= 0.6 is 15.9 Å². The monoisotopic (exact) mass is 299 g/mol. The first-order valence-corrected chi connectivity index (χ1v) is 6.51. The molecule has 0 aliphatic heterocycles. The van der Waals surface area contributed by atoms with Gasteiger partial charge in [0.15, 0.2) is 0 Å². The highest BCUT2D eigenvalue weighted by atomic mass is 79.9. The Balaban J connectivity index is 2.46. The lowest BCUT2D eigenvalue weighted by atomic mass is 10.1. The summed E-state index contributed by atoms with van der Waals surface area (Å²) in [6, 6.07) is 7.85. The molecule has 4 heteroatoms. The molecule has 94 valence electrons. The molecule has 0 saturated heterocycles. The van der Waals surface area contributed by atoms with E-state index >= 15 is 0 Å². The number of carbonyl (C=O) groups is 1. The van der Waals surface area contributed by atoms with Gasteiger partial charge >= 0.3 is 0 Å². The molecule has 17 heavy (non-hydrogen) atoms. The summed E-state index contributed by atoms with van der Waals surface area (Å²) in [7, 11) is 0. The number of nitrogens with one attached hydrogen (secondary N) is 1. The van der Waals surface area contributed by atoms with Crippen molar-refractivity contribution in [3.63, 3.8) is 0 Å². The highest BCUT2D eigenvalue weighted by Gasteiger charge is 2.10. The number of aliphatic hydroxyl groups excluding tert-OH is 1. The summed E-state index contributed by atoms with van der Waals surface area (Å²) in [5.74, 6) is -0.0266.